The number of hydrogen-bond acceptors (Lipinski definition) is 5. The number of amides is 3. The molecule has 8 nitrogen and oxygen atoms in total. The molecule has 3 rings (SSSR count). The fraction of sp³-hybridized carbons (Fsp3) is 0.630. The summed E-state index contributed by atoms with van der Waals surface area (Å²) in [7, 11) is 3.86. The molecule has 2 aliphatic rings. The van der Waals surface area contributed by atoms with Crippen LogP contribution in [0.15, 0.2) is 24.3 Å². The van der Waals surface area contributed by atoms with Gasteiger partial charge in [-0.25, -0.2) is 0 Å². The summed E-state index contributed by atoms with van der Waals surface area (Å²) in [5.41, 5.74) is 1.46. The van der Waals surface area contributed by atoms with Crippen molar-refractivity contribution in [3.05, 3.63) is 29.8 Å². The third-order valence-electron chi connectivity index (χ3n) is 6.98. The van der Waals surface area contributed by atoms with Crippen LogP contribution in [0.2, 0.25) is 0 Å². The number of nitrogens with zero attached hydrogens (tertiary/aromatic N) is 3. The first kappa shape index (κ1) is 26.7. The number of ketones is 1. The summed E-state index contributed by atoms with van der Waals surface area (Å²) in [5.74, 6) is -0.455. The van der Waals surface area contributed by atoms with E-state index >= 15 is 0 Å². The quantitative estimate of drug-likeness (QED) is 0.516. The van der Waals surface area contributed by atoms with Gasteiger partial charge in [-0.05, 0) is 49.4 Å². The summed E-state index contributed by atoms with van der Waals surface area (Å²) in [6.07, 6.45) is 4.34. The average Bonchev–Trinajstić information content (AvgIpc) is 3.39. The lowest BCUT2D eigenvalue weighted by Crippen LogP contribution is -2.53. The minimum absolute atomic E-state index is 0.00167. The normalized spacial score (nSPS) is 20.2. The highest BCUT2D eigenvalue weighted by Gasteiger charge is 2.52. The average molecular weight is 485 g/mol. The van der Waals surface area contributed by atoms with Crippen LogP contribution in [0.4, 0.5) is 5.69 Å². The molecule has 3 amide bonds. The monoisotopic (exact) mass is 484 g/mol. The van der Waals surface area contributed by atoms with E-state index in [9.17, 15) is 19.2 Å². The van der Waals surface area contributed by atoms with Gasteiger partial charge < -0.3 is 20.0 Å². The second-order valence-corrected chi connectivity index (χ2v) is 10.4. The summed E-state index contributed by atoms with van der Waals surface area (Å²) in [6, 6.07) is 5.63. The minimum Gasteiger partial charge on any atom is -0.378 e. The first-order chi connectivity index (χ1) is 16.6. The maximum atomic E-state index is 13.6. The molecule has 2 fully saturated rings. The number of likely N-dealkylation sites (tertiary alicyclic amines) is 2. The SMILES string of the molecule is CCCCCC(=O)N1CC(=O)C2C1CCN2C(=O)[C@H](CC(C)C)NC(=O)c1ccc(N(C)C)cc1. The Morgan fingerprint density at radius 2 is 1.77 bits per heavy atom. The number of anilines is 1. The summed E-state index contributed by atoms with van der Waals surface area (Å²) in [6.45, 7) is 6.58. The van der Waals surface area contributed by atoms with Crippen molar-refractivity contribution >= 4 is 29.2 Å². The fourth-order valence-corrected chi connectivity index (χ4v) is 5.11. The third-order valence-corrected chi connectivity index (χ3v) is 6.98. The van der Waals surface area contributed by atoms with Gasteiger partial charge in [-0.3, -0.25) is 19.2 Å². The van der Waals surface area contributed by atoms with Gasteiger partial charge in [-0.15, -0.1) is 0 Å². The zero-order chi connectivity index (χ0) is 25.7. The largest absolute Gasteiger partial charge is 0.378 e. The van der Waals surface area contributed by atoms with E-state index in [1.54, 1.807) is 21.9 Å². The molecule has 0 saturated carbocycles. The number of fused-ring (bicyclic) bond motifs is 1. The molecule has 35 heavy (non-hydrogen) atoms. The van der Waals surface area contributed by atoms with Crippen LogP contribution >= 0.6 is 0 Å². The van der Waals surface area contributed by atoms with E-state index in [4.69, 9.17) is 0 Å². The van der Waals surface area contributed by atoms with Crippen LogP contribution in [0.3, 0.4) is 0 Å². The van der Waals surface area contributed by atoms with Crippen molar-refractivity contribution in [2.24, 2.45) is 5.92 Å². The zero-order valence-corrected chi connectivity index (χ0v) is 21.8. The van der Waals surface area contributed by atoms with Gasteiger partial charge in [0.2, 0.25) is 11.8 Å². The van der Waals surface area contributed by atoms with E-state index < -0.39 is 12.1 Å². The van der Waals surface area contributed by atoms with Crippen LogP contribution in [0.5, 0.6) is 0 Å². The van der Waals surface area contributed by atoms with Crippen LogP contribution in [0.1, 0.15) is 69.7 Å². The van der Waals surface area contributed by atoms with Crippen molar-refractivity contribution in [3.8, 4) is 0 Å². The molecule has 0 bridgehead atoms. The van der Waals surface area contributed by atoms with Crippen molar-refractivity contribution in [2.45, 2.75) is 77.4 Å². The molecule has 2 aliphatic heterocycles. The summed E-state index contributed by atoms with van der Waals surface area (Å²) in [5, 5.41) is 2.92. The van der Waals surface area contributed by atoms with E-state index in [1.807, 2.05) is 45.0 Å². The fourth-order valence-electron chi connectivity index (χ4n) is 5.11. The number of unbranched alkanes of at least 4 members (excludes halogenated alkanes) is 2. The van der Waals surface area contributed by atoms with Gasteiger partial charge in [0, 0.05) is 38.3 Å². The van der Waals surface area contributed by atoms with Gasteiger partial charge in [0.25, 0.3) is 5.91 Å². The molecule has 1 aromatic rings. The number of Topliss-reactive ketones (excluding diaryl/α,β-unsaturated/α-hetero) is 1. The standard InChI is InChI=1S/C27H40N4O4/c1-6-7-8-9-24(33)31-17-23(32)25-22(31)14-15-30(25)27(35)21(16-18(2)3)28-26(34)19-10-12-20(13-11-19)29(4)5/h10-13,18,21-22,25H,6-9,14-17H2,1-5H3,(H,28,34)/t21-,22?,25?/m0/s1. The van der Waals surface area contributed by atoms with Crippen molar-refractivity contribution in [1.82, 2.24) is 15.1 Å². The predicted molar refractivity (Wildman–Crippen MR) is 136 cm³/mol. The molecule has 192 valence electrons. The molecule has 3 atom stereocenters. The molecule has 0 spiro atoms. The highest BCUT2D eigenvalue weighted by molar-refractivity contribution is 6.01. The van der Waals surface area contributed by atoms with Crippen molar-refractivity contribution in [1.29, 1.82) is 0 Å². The smallest absolute Gasteiger partial charge is 0.251 e. The Balaban J connectivity index is 1.71. The Labute approximate surface area is 209 Å². The molecule has 2 heterocycles. The lowest BCUT2D eigenvalue weighted by Gasteiger charge is -2.29. The topological polar surface area (TPSA) is 90.0 Å². The lowest BCUT2D eigenvalue weighted by atomic mass is 10.0. The van der Waals surface area contributed by atoms with Crippen LogP contribution in [0, 0.1) is 5.92 Å². The highest BCUT2D eigenvalue weighted by atomic mass is 16.2. The number of carbonyl (C=O) groups is 4. The van der Waals surface area contributed by atoms with Gasteiger partial charge in [0.05, 0.1) is 12.6 Å². The molecule has 1 N–H and O–H groups in total. The van der Waals surface area contributed by atoms with Crippen LogP contribution in [-0.2, 0) is 14.4 Å². The number of benzene rings is 1. The Kier molecular flexibility index (Phi) is 8.92. The molecular weight excluding hydrogens is 444 g/mol. The molecule has 0 radical (unpaired) electrons. The van der Waals surface area contributed by atoms with Crippen LogP contribution in [0.25, 0.3) is 0 Å². The molecule has 1 aromatic carbocycles. The summed E-state index contributed by atoms with van der Waals surface area (Å²) < 4.78 is 0. The lowest BCUT2D eigenvalue weighted by molar-refractivity contribution is -0.138. The van der Waals surface area contributed by atoms with Gasteiger partial charge in [0.1, 0.15) is 12.1 Å². The first-order valence-corrected chi connectivity index (χ1v) is 12.8. The Bertz CT molecular complexity index is 928. The van der Waals surface area contributed by atoms with E-state index in [0.29, 0.717) is 31.4 Å². The molecule has 2 saturated heterocycles. The third kappa shape index (κ3) is 6.21. The maximum absolute atomic E-state index is 13.6. The molecule has 0 aliphatic carbocycles. The Morgan fingerprint density at radius 3 is 2.37 bits per heavy atom. The van der Waals surface area contributed by atoms with E-state index in [1.165, 1.54) is 0 Å². The molecule has 8 heteroatoms. The van der Waals surface area contributed by atoms with E-state index in [-0.39, 0.29) is 42.0 Å². The number of nitrogens with one attached hydrogen (secondary N) is 1. The molecular formula is C27H40N4O4. The number of hydrogen-bond donors (Lipinski definition) is 1. The number of rotatable bonds is 10. The predicted octanol–water partition coefficient (Wildman–Crippen LogP) is 2.86. The minimum atomic E-state index is -0.725. The first-order valence-electron chi connectivity index (χ1n) is 12.8. The van der Waals surface area contributed by atoms with Gasteiger partial charge in [-0.2, -0.15) is 0 Å². The van der Waals surface area contributed by atoms with Crippen LogP contribution in [-0.4, -0.2) is 78.6 Å². The molecule has 0 aromatic heterocycles. The summed E-state index contributed by atoms with van der Waals surface area (Å²) in [4.78, 5) is 57.5. The number of carbonyl (C=O) groups excluding carboxylic acids is 4. The van der Waals surface area contributed by atoms with Gasteiger partial charge >= 0.3 is 0 Å². The Hall–Kier alpha value is -2.90. The van der Waals surface area contributed by atoms with E-state index in [0.717, 1.165) is 24.9 Å². The van der Waals surface area contributed by atoms with Crippen molar-refractivity contribution in [3.63, 3.8) is 0 Å². The van der Waals surface area contributed by atoms with Crippen LogP contribution < -0.4 is 10.2 Å². The van der Waals surface area contributed by atoms with Gasteiger partial charge in [-0.1, -0.05) is 33.6 Å². The summed E-state index contributed by atoms with van der Waals surface area (Å²) >= 11 is 0. The molecule has 2 unspecified atom stereocenters. The van der Waals surface area contributed by atoms with E-state index in [2.05, 4.69) is 12.2 Å². The second-order valence-electron chi connectivity index (χ2n) is 10.4. The zero-order valence-electron chi connectivity index (χ0n) is 21.8. The van der Waals surface area contributed by atoms with Crippen molar-refractivity contribution < 1.29 is 19.2 Å². The van der Waals surface area contributed by atoms with Crippen molar-refractivity contribution in [2.75, 3.05) is 32.1 Å². The van der Waals surface area contributed by atoms with Gasteiger partial charge in [0.15, 0.2) is 5.78 Å². The maximum Gasteiger partial charge on any atom is 0.251 e. The highest BCUT2D eigenvalue weighted by Crippen LogP contribution is 2.31. The second kappa shape index (κ2) is 11.7. The Morgan fingerprint density at radius 1 is 1.09 bits per heavy atom.